The van der Waals surface area contributed by atoms with Crippen LogP contribution in [0.1, 0.15) is 33.6 Å². The number of rotatable bonds is 1. The lowest BCUT2D eigenvalue weighted by molar-refractivity contribution is 0.0273. The van der Waals surface area contributed by atoms with Crippen LogP contribution in [0.4, 0.5) is 4.79 Å². The van der Waals surface area contributed by atoms with Crippen molar-refractivity contribution in [2.75, 3.05) is 6.54 Å². The highest BCUT2D eigenvalue weighted by Gasteiger charge is 2.39. The van der Waals surface area contributed by atoms with Crippen molar-refractivity contribution < 1.29 is 17.9 Å². The summed E-state index contributed by atoms with van der Waals surface area (Å²) >= 11 is 0. The van der Waals surface area contributed by atoms with Crippen LogP contribution in [0, 0.1) is 0 Å². The minimum absolute atomic E-state index is 0.366. The maximum absolute atomic E-state index is 11.7. The SMILES string of the molecule is CC(C)(C)OC(=O)N1CCCC1S(=O)(=O)Cl. The first kappa shape index (κ1) is 13.6. The molecule has 1 unspecified atom stereocenters. The molecule has 1 amide bonds. The van der Waals surface area contributed by atoms with E-state index in [-0.39, 0.29) is 0 Å². The fourth-order valence-electron chi connectivity index (χ4n) is 1.56. The normalized spacial score (nSPS) is 22.2. The van der Waals surface area contributed by atoms with Gasteiger partial charge in [-0.3, -0.25) is 4.90 Å². The molecule has 0 aromatic rings. The van der Waals surface area contributed by atoms with Gasteiger partial charge in [0.15, 0.2) is 5.37 Å². The number of halogens is 1. The zero-order chi connectivity index (χ0) is 12.6. The van der Waals surface area contributed by atoms with Crippen LogP contribution >= 0.6 is 10.7 Å². The van der Waals surface area contributed by atoms with Crippen LogP contribution in [0.3, 0.4) is 0 Å². The number of hydrogen-bond acceptors (Lipinski definition) is 4. The monoisotopic (exact) mass is 269 g/mol. The van der Waals surface area contributed by atoms with Crippen LogP contribution in [-0.4, -0.2) is 36.9 Å². The minimum Gasteiger partial charge on any atom is -0.444 e. The van der Waals surface area contributed by atoms with Crippen LogP contribution in [0.2, 0.25) is 0 Å². The molecular weight excluding hydrogens is 254 g/mol. The summed E-state index contributed by atoms with van der Waals surface area (Å²) < 4.78 is 27.6. The number of nitrogens with zero attached hydrogens (tertiary/aromatic N) is 1. The molecule has 1 atom stereocenters. The lowest BCUT2D eigenvalue weighted by Crippen LogP contribution is -2.42. The van der Waals surface area contributed by atoms with E-state index < -0.39 is 26.1 Å². The third-order valence-corrected chi connectivity index (χ3v) is 3.91. The minimum atomic E-state index is -3.76. The largest absolute Gasteiger partial charge is 0.444 e. The van der Waals surface area contributed by atoms with Gasteiger partial charge in [-0.05, 0) is 33.6 Å². The molecule has 1 heterocycles. The summed E-state index contributed by atoms with van der Waals surface area (Å²) in [6.45, 7) is 5.55. The van der Waals surface area contributed by atoms with Crippen LogP contribution < -0.4 is 0 Å². The van der Waals surface area contributed by atoms with Crippen LogP contribution in [0.15, 0.2) is 0 Å². The number of amides is 1. The third-order valence-electron chi connectivity index (χ3n) is 2.15. The first-order chi connectivity index (χ1) is 7.11. The molecule has 0 aliphatic carbocycles. The molecule has 5 nitrogen and oxygen atoms in total. The molecule has 1 aliphatic rings. The first-order valence-corrected chi connectivity index (χ1v) is 7.41. The van der Waals surface area contributed by atoms with E-state index >= 15 is 0 Å². The predicted octanol–water partition coefficient (Wildman–Crippen LogP) is 1.91. The van der Waals surface area contributed by atoms with Gasteiger partial charge < -0.3 is 4.74 Å². The van der Waals surface area contributed by atoms with Gasteiger partial charge in [-0.15, -0.1) is 0 Å². The fourth-order valence-corrected chi connectivity index (χ4v) is 3.06. The number of carbonyl (C=O) groups is 1. The Morgan fingerprint density at radius 1 is 1.44 bits per heavy atom. The Morgan fingerprint density at radius 3 is 2.44 bits per heavy atom. The summed E-state index contributed by atoms with van der Waals surface area (Å²) in [5.74, 6) is 0. The van der Waals surface area contributed by atoms with Crippen LogP contribution in [-0.2, 0) is 13.8 Å². The van der Waals surface area contributed by atoms with E-state index in [1.807, 2.05) is 0 Å². The smallest absolute Gasteiger partial charge is 0.411 e. The van der Waals surface area contributed by atoms with E-state index in [9.17, 15) is 13.2 Å². The van der Waals surface area contributed by atoms with Crippen molar-refractivity contribution in [3.05, 3.63) is 0 Å². The molecule has 0 aromatic heterocycles. The van der Waals surface area contributed by atoms with Crippen molar-refractivity contribution in [1.29, 1.82) is 0 Å². The van der Waals surface area contributed by atoms with Gasteiger partial charge in [0.25, 0.3) is 9.05 Å². The van der Waals surface area contributed by atoms with Crippen molar-refractivity contribution in [3.63, 3.8) is 0 Å². The number of hydrogen-bond donors (Lipinski definition) is 0. The Balaban J connectivity index is 2.77. The lowest BCUT2D eigenvalue weighted by Gasteiger charge is -2.27. The lowest BCUT2D eigenvalue weighted by atomic mass is 10.2. The molecule has 0 bridgehead atoms. The third kappa shape index (κ3) is 3.52. The maximum Gasteiger partial charge on any atom is 0.411 e. The molecule has 1 fully saturated rings. The molecule has 94 valence electrons. The average Bonchev–Trinajstić information content (AvgIpc) is 2.45. The van der Waals surface area contributed by atoms with Gasteiger partial charge in [0.2, 0.25) is 0 Å². The highest BCUT2D eigenvalue weighted by Crippen LogP contribution is 2.26. The summed E-state index contributed by atoms with van der Waals surface area (Å²) in [5, 5.41) is -0.955. The Kier molecular flexibility index (Phi) is 3.74. The molecule has 0 saturated carbocycles. The maximum atomic E-state index is 11.7. The summed E-state index contributed by atoms with van der Waals surface area (Å²) in [4.78, 5) is 12.9. The average molecular weight is 270 g/mol. The summed E-state index contributed by atoms with van der Waals surface area (Å²) in [6.07, 6.45) is 0.361. The zero-order valence-corrected chi connectivity index (χ0v) is 11.1. The van der Waals surface area contributed by atoms with E-state index in [2.05, 4.69) is 0 Å². The second-order valence-electron chi connectivity index (χ2n) is 4.75. The van der Waals surface area contributed by atoms with E-state index in [0.29, 0.717) is 19.4 Å². The number of carbonyl (C=O) groups excluding carboxylic acids is 1. The molecule has 0 spiro atoms. The van der Waals surface area contributed by atoms with Gasteiger partial charge in [-0.25, -0.2) is 13.2 Å². The highest BCUT2D eigenvalue weighted by atomic mass is 35.7. The highest BCUT2D eigenvalue weighted by molar-refractivity contribution is 8.14. The molecule has 0 radical (unpaired) electrons. The number of likely N-dealkylation sites (tertiary alicyclic amines) is 1. The van der Waals surface area contributed by atoms with E-state index in [1.54, 1.807) is 20.8 Å². The predicted molar refractivity (Wildman–Crippen MR) is 60.7 cm³/mol. The molecule has 0 N–H and O–H groups in total. The second kappa shape index (κ2) is 4.41. The summed E-state index contributed by atoms with van der Waals surface area (Å²) in [7, 11) is 1.52. The zero-order valence-electron chi connectivity index (χ0n) is 9.57. The molecule has 1 aliphatic heterocycles. The van der Waals surface area contributed by atoms with Crippen LogP contribution in [0.25, 0.3) is 0 Å². The topological polar surface area (TPSA) is 63.7 Å². The first-order valence-electron chi connectivity index (χ1n) is 5.04. The van der Waals surface area contributed by atoms with Crippen molar-refractivity contribution in [3.8, 4) is 0 Å². The molecular formula is C9H16ClNO4S. The van der Waals surface area contributed by atoms with Crippen molar-refractivity contribution in [1.82, 2.24) is 4.90 Å². The van der Waals surface area contributed by atoms with Crippen LogP contribution in [0.5, 0.6) is 0 Å². The van der Waals surface area contributed by atoms with Crippen molar-refractivity contribution in [2.24, 2.45) is 0 Å². The van der Waals surface area contributed by atoms with Crippen molar-refractivity contribution >= 4 is 25.8 Å². The Labute approximate surface area is 100 Å². The van der Waals surface area contributed by atoms with Gasteiger partial charge in [0.05, 0.1) is 0 Å². The van der Waals surface area contributed by atoms with E-state index in [1.165, 1.54) is 4.90 Å². The molecule has 7 heteroatoms. The standard InChI is InChI=1S/C9H16ClNO4S/c1-9(2,3)15-8(12)11-6-4-5-7(11)16(10,13)14/h7H,4-6H2,1-3H3. The second-order valence-corrected chi connectivity index (χ2v) is 7.53. The molecule has 1 rings (SSSR count). The van der Waals surface area contributed by atoms with Crippen molar-refractivity contribution in [2.45, 2.75) is 44.6 Å². The van der Waals surface area contributed by atoms with E-state index in [0.717, 1.165) is 0 Å². The Hall–Kier alpha value is -0.490. The number of ether oxygens (including phenoxy) is 1. The quantitative estimate of drug-likeness (QED) is 0.682. The van der Waals surface area contributed by atoms with Gasteiger partial charge in [-0.1, -0.05) is 0 Å². The molecule has 0 aromatic carbocycles. The van der Waals surface area contributed by atoms with Gasteiger partial charge >= 0.3 is 6.09 Å². The molecule has 1 saturated heterocycles. The van der Waals surface area contributed by atoms with Gasteiger partial charge in [0, 0.05) is 17.2 Å². The van der Waals surface area contributed by atoms with Gasteiger partial charge in [-0.2, -0.15) is 0 Å². The van der Waals surface area contributed by atoms with Gasteiger partial charge in [0.1, 0.15) is 5.60 Å². The molecule has 16 heavy (non-hydrogen) atoms. The van der Waals surface area contributed by atoms with E-state index in [4.69, 9.17) is 15.4 Å². The fraction of sp³-hybridized carbons (Fsp3) is 0.889. The summed E-state index contributed by atoms with van der Waals surface area (Å²) in [5.41, 5.74) is -0.639. The Morgan fingerprint density at radius 2 is 2.00 bits per heavy atom. The summed E-state index contributed by atoms with van der Waals surface area (Å²) in [6, 6.07) is 0. The Bertz CT molecular complexity index is 373.